The van der Waals surface area contributed by atoms with Gasteiger partial charge in [-0.05, 0) is 37.6 Å². The molecular formula is C20H23FN2O. The molecule has 0 spiro atoms. The first kappa shape index (κ1) is 16.7. The van der Waals surface area contributed by atoms with Crippen LogP contribution in [0, 0.1) is 5.82 Å². The lowest BCUT2D eigenvalue weighted by molar-refractivity contribution is 0.101. The van der Waals surface area contributed by atoms with Gasteiger partial charge in [-0.15, -0.1) is 0 Å². The van der Waals surface area contributed by atoms with Gasteiger partial charge in [0.25, 0.3) is 0 Å². The minimum absolute atomic E-state index is 0.109. The number of anilines is 1. The van der Waals surface area contributed by atoms with E-state index in [-0.39, 0.29) is 11.6 Å². The van der Waals surface area contributed by atoms with Crippen LogP contribution in [0.5, 0.6) is 0 Å². The summed E-state index contributed by atoms with van der Waals surface area (Å²) in [6.07, 6.45) is 0. The number of benzene rings is 2. The molecule has 0 bridgehead atoms. The largest absolute Gasteiger partial charge is 0.367 e. The van der Waals surface area contributed by atoms with E-state index in [0.29, 0.717) is 17.3 Å². The van der Waals surface area contributed by atoms with Gasteiger partial charge >= 0.3 is 0 Å². The van der Waals surface area contributed by atoms with Crippen molar-refractivity contribution >= 4 is 11.5 Å². The fraction of sp³-hybridized carbons (Fsp3) is 0.350. The normalized spacial score (nSPS) is 16.9. The molecule has 0 aliphatic carbocycles. The molecule has 1 atom stereocenters. The highest BCUT2D eigenvalue weighted by molar-refractivity contribution is 5.94. The van der Waals surface area contributed by atoms with Crippen molar-refractivity contribution in [3.8, 4) is 0 Å². The van der Waals surface area contributed by atoms with E-state index in [2.05, 4.69) is 41.0 Å². The van der Waals surface area contributed by atoms with Gasteiger partial charge in [-0.2, -0.15) is 0 Å². The number of hydrogen-bond acceptors (Lipinski definition) is 3. The summed E-state index contributed by atoms with van der Waals surface area (Å²) in [6.45, 7) is 7.03. The molecule has 0 amide bonds. The van der Waals surface area contributed by atoms with Crippen LogP contribution >= 0.6 is 0 Å². The molecule has 4 heteroatoms. The van der Waals surface area contributed by atoms with Gasteiger partial charge in [0.05, 0.1) is 5.69 Å². The fourth-order valence-electron chi connectivity index (χ4n) is 3.27. The molecular weight excluding hydrogens is 303 g/mol. The smallest absolute Gasteiger partial charge is 0.159 e. The van der Waals surface area contributed by atoms with Crippen LogP contribution < -0.4 is 4.90 Å². The molecule has 126 valence electrons. The maximum Gasteiger partial charge on any atom is 0.159 e. The molecule has 2 aromatic carbocycles. The molecule has 3 rings (SSSR count). The zero-order valence-corrected chi connectivity index (χ0v) is 14.2. The molecule has 0 aromatic heterocycles. The summed E-state index contributed by atoms with van der Waals surface area (Å²) in [6, 6.07) is 15.6. The molecule has 3 nitrogen and oxygen atoms in total. The molecule has 1 aliphatic heterocycles. The molecule has 1 fully saturated rings. The van der Waals surface area contributed by atoms with Gasteiger partial charge in [-0.3, -0.25) is 9.69 Å². The number of nitrogens with zero attached hydrogens (tertiary/aromatic N) is 2. The minimum atomic E-state index is -0.313. The second-order valence-corrected chi connectivity index (χ2v) is 6.33. The van der Waals surface area contributed by atoms with Crippen LogP contribution in [0.2, 0.25) is 0 Å². The molecule has 1 heterocycles. The van der Waals surface area contributed by atoms with Gasteiger partial charge in [0.1, 0.15) is 5.82 Å². The van der Waals surface area contributed by atoms with Crippen LogP contribution in [0.1, 0.15) is 35.8 Å². The van der Waals surface area contributed by atoms with E-state index in [1.54, 1.807) is 12.1 Å². The SMILES string of the molecule is CC(=O)c1ccc(N2CCN(C(C)c3ccccc3)CC2)c(F)c1. The predicted octanol–water partition coefficient (Wildman–Crippen LogP) is 3.91. The summed E-state index contributed by atoms with van der Waals surface area (Å²) < 4.78 is 14.3. The summed E-state index contributed by atoms with van der Waals surface area (Å²) in [7, 11) is 0. The number of carbonyl (C=O) groups excluding carboxylic acids is 1. The van der Waals surface area contributed by atoms with Crippen LogP contribution in [0.3, 0.4) is 0 Å². The monoisotopic (exact) mass is 326 g/mol. The molecule has 2 aromatic rings. The van der Waals surface area contributed by atoms with Gasteiger partial charge in [0.2, 0.25) is 0 Å². The zero-order valence-electron chi connectivity index (χ0n) is 14.2. The number of rotatable bonds is 4. The Hall–Kier alpha value is -2.20. The maximum absolute atomic E-state index is 14.3. The molecule has 0 saturated carbocycles. The van der Waals surface area contributed by atoms with Gasteiger partial charge in [-0.1, -0.05) is 30.3 Å². The molecule has 1 unspecified atom stereocenters. The Labute approximate surface area is 142 Å². The third kappa shape index (κ3) is 3.49. The predicted molar refractivity (Wildman–Crippen MR) is 95.0 cm³/mol. The Bertz CT molecular complexity index is 709. The minimum Gasteiger partial charge on any atom is -0.367 e. The van der Waals surface area contributed by atoms with Crippen LogP contribution in [-0.4, -0.2) is 36.9 Å². The lowest BCUT2D eigenvalue weighted by Gasteiger charge is -2.39. The second kappa shape index (κ2) is 7.14. The lowest BCUT2D eigenvalue weighted by Crippen LogP contribution is -2.47. The molecule has 1 aliphatic rings. The van der Waals surface area contributed by atoms with E-state index in [1.807, 2.05) is 6.07 Å². The van der Waals surface area contributed by atoms with E-state index in [1.165, 1.54) is 18.6 Å². The van der Waals surface area contributed by atoms with Crippen LogP contribution in [0.15, 0.2) is 48.5 Å². The van der Waals surface area contributed by atoms with E-state index in [9.17, 15) is 9.18 Å². The van der Waals surface area contributed by atoms with E-state index < -0.39 is 0 Å². The van der Waals surface area contributed by atoms with Crippen molar-refractivity contribution in [2.75, 3.05) is 31.1 Å². The zero-order chi connectivity index (χ0) is 17.1. The van der Waals surface area contributed by atoms with Crippen LogP contribution in [-0.2, 0) is 0 Å². The van der Waals surface area contributed by atoms with Gasteiger partial charge in [-0.25, -0.2) is 4.39 Å². The molecule has 0 N–H and O–H groups in total. The Morgan fingerprint density at radius 2 is 1.71 bits per heavy atom. The number of Topliss-reactive ketones (excluding diaryl/α,β-unsaturated/α-hetero) is 1. The summed E-state index contributed by atoms with van der Waals surface area (Å²) in [5.41, 5.74) is 2.32. The first-order chi connectivity index (χ1) is 11.6. The van der Waals surface area contributed by atoms with Crippen molar-refractivity contribution in [2.24, 2.45) is 0 Å². The van der Waals surface area contributed by atoms with Crippen molar-refractivity contribution in [3.63, 3.8) is 0 Å². The highest BCUT2D eigenvalue weighted by Gasteiger charge is 2.23. The average molecular weight is 326 g/mol. The van der Waals surface area contributed by atoms with Crippen molar-refractivity contribution in [2.45, 2.75) is 19.9 Å². The number of carbonyl (C=O) groups is 1. The highest BCUT2D eigenvalue weighted by Crippen LogP contribution is 2.26. The Morgan fingerprint density at radius 3 is 2.29 bits per heavy atom. The van der Waals surface area contributed by atoms with Crippen LogP contribution in [0.25, 0.3) is 0 Å². The van der Waals surface area contributed by atoms with Gasteiger partial charge in [0.15, 0.2) is 5.78 Å². The van der Waals surface area contributed by atoms with Crippen molar-refractivity contribution in [3.05, 3.63) is 65.5 Å². The Balaban J connectivity index is 1.66. The number of halogens is 1. The van der Waals surface area contributed by atoms with Crippen LogP contribution in [0.4, 0.5) is 10.1 Å². The Morgan fingerprint density at radius 1 is 1.04 bits per heavy atom. The second-order valence-electron chi connectivity index (χ2n) is 6.33. The first-order valence-corrected chi connectivity index (χ1v) is 8.40. The molecule has 1 saturated heterocycles. The van der Waals surface area contributed by atoms with Gasteiger partial charge in [0, 0.05) is 37.8 Å². The summed E-state index contributed by atoms with van der Waals surface area (Å²) in [4.78, 5) is 15.8. The third-order valence-corrected chi connectivity index (χ3v) is 4.84. The lowest BCUT2D eigenvalue weighted by atomic mass is 10.1. The highest BCUT2D eigenvalue weighted by atomic mass is 19.1. The van der Waals surface area contributed by atoms with Crippen molar-refractivity contribution in [1.29, 1.82) is 0 Å². The Kier molecular flexibility index (Phi) is 4.95. The summed E-state index contributed by atoms with van der Waals surface area (Å²) in [5, 5.41) is 0. The number of piperazine rings is 1. The quantitative estimate of drug-likeness (QED) is 0.796. The van der Waals surface area contributed by atoms with Gasteiger partial charge < -0.3 is 4.90 Å². The molecule has 24 heavy (non-hydrogen) atoms. The number of hydrogen-bond donors (Lipinski definition) is 0. The van der Waals surface area contributed by atoms with E-state index in [4.69, 9.17) is 0 Å². The topological polar surface area (TPSA) is 23.6 Å². The first-order valence-electron chi connectivity index (χ1n) is 8.40. The standard InChI is InChI=1S/C20H23FN2O/c1-15(17-6-4-3-5-7-17)22-10-12-23(13-11-22)20-9-8-18(16(2)24)14-19(20)21/h3-9,14-15H,10-13H2,1-2H3. The third-order valence-electron chi connectivity index (χ3n) is 4.84. The van der Waals surface area contributed by atoms with Crippen molar-refractivity contribution in [1.82, 2.24) is 4.90 Å². The van der Waals surface area contributed by atoms with E-state index >= 15 is 0 Å². The van der Waals surface area contributed by atoms with E-state index in [0.717, 1.165) is 26.2 Å². The number of ketones is 1. The summed E-state index contributed by atoms with van der Waals surface area (Å²) in [5.74, 6) is -0.422. The molecule has 0 radical (unpaired) electrons. The summed E-state index contributed by atoms with van der Waals surface area (Å²) >= 11 is 0. The fourth-order valence-corrected chi connectivity index (χ4v) is 3.27. The van der Waals surface area contributed by atoms with Crippen molar-refractivity contribution < 1.29 is 9.18 Å². The maximum atomic E-state index is 14.3. The average Bonchev–Trinajstić information content (AvgIpc) is 2.62.